The van der Waals surface area contributed by atoms with Gasteiger partial charge in [-0.2, -0.15) is 5.10 Å². The van der Waals surface area contributed by atoms with Gasteiger partial charge in [-0.25, -0.2) is 5.43 Å². The molecule has 1 amide bonds. The van der Waals surface area contributed by atoms with Crippen LogP contribution < -0.4 is 24.4 Å². The van der Waals surface area contributed by atoms with Crippen molar-refractivity contribution in [1.82, 2.24) is 5.43 Å². The Morgan fingerprint density at radius 1 is 0.971 bits per heavy atom. The summed E-state index contributed by atoms with van der Waals surface area (Å²) in [5.74, 6) is 0.806. The van der Waals surface area contributed by atoms with E-state index in [1.807, 2.05) is 30.3 Å². The van der Waals surface area contributed by atoms with E-state index in [1.165, 1.54) is 45.6 Å². The van der Waals surface area contributed by atoms with Crippen molar-refractivity contribution < 1.29 is 28.7 Å². The third kappa shape index (κ3) is 6.00. The van der Waals surface area contributed by atoms with Crippen molar-refractivity contribution in [3.05, 3.63) is 87.5 Å². The second-order valence-electron chi connectivity index (χ2n) is 6.89. The molecule has 3 rings (SSSR count). The van der Waals surface area contributed by atoms with Crippen LogP contribution in [0.1, 0.15) is 21.5 Å². The third-order valence-electron chi connectivity index (χ3n) is 4.73. The first kappa shape index (κ1) is 24.1. The van der Waals surface area contributed by atoms with Crippen LogP contribution in [-0.4, -0.2) is 38.4 Å². The van der Waals surface area contributed by atoms with E-state index < -0.39 is 10.8 Å². The molecule has 10 heteroatoms. The maximum atomic E-state index is 12.5. The van der Waals surface area contributed by atoms with E-state index in [0.29, 0.717) is 11.5 Å². The summed E-state index contributed by atoms with van der Waals surface area (Å²) in [7, 11) is 4.36. The van der Waals surface area contributed by atoms with Crippen LogP contribution in [-0.2, 0) is 6.61 Å². The minimum atomic E-state index is -0.565. The fourth-order valence-corrected chi connectivity index (χ4v) is 3.00. The van der Waals surface area contributed by atoms with E-state index in [9.17, 15) is 14.9 Å². The lowest BCUT2D eigenvalue weighted by Crippen LogP contribution is -2.18. The molecule has 0 radical (unpaired) electrons. The standard InChI is InChI=1S/C24H23N3O7/c1-31-19-9-17(10-20(12-19)32-2)24(28)26-25-14-18-11-22(33-3)23(13-21(18)27(29)30)34-15-16-7-5-4-6-8-16/h4-14H,15H2,1-3H3,(H,26,28). The Kier molecular flexibility index (Phi) is 8.01. The summed E-state index contributed by atoms with van der Waals surface area (Å²) in [6.07, 6.45) is 1.16. The van der Waals surface area contributed by atoms with Gasteiger partial charge in [-0.15, -0.1) is 0 Å². The number of hydrogen-bond acceptors (Lipinski definition) is 8. The van der Waals surface area contributed by atoms with Crippen molar-refractivity contribution in [2.75, 3.05) is 21.3 Å². The highest BCUT2D eigenvalue weighted by Crippen LogP contribution is 2.34. The molecule has 1 N–H and O–H groups in total. The number of nitro benzene ring substituents is 1. The first-order valence-corrected chi connectivity index (χ1v) is 10.0. The van der Waals surface area contributed by atoms with Crippen LogP contribution in [0, 0.1) is 10.1 Å². The number of methoxy groups -OCH3 is 3. The molecule has 0 atom stereocenters. The molecule has 34 heavy (non-hydrogen) atoms. The van der Waals surface area contributed by atoms with Crippen molar-refractivity contribution in [2.45, 2.75) is 6.61 Å². The van der Waals surface area contributed by atoms with Gasteiger partial charge in [0.15, 0.2) is 11.5 Å². The van der Waals surface area contributed by atoms with E-state index >= 15 is 0 Å². The number of nitrogens with zero attached hydrogens (tertiary/aromatic N) is 2. The van der Waals surface area contributed by atoms with Gasteiger partial charge in [0, 0.05) is 11.6 Å². The summed E-state index contributed by atoms with van der Waals surface area (Å²) >= 11 is 0. The molecule has 3 aromatic rings. The average molecular weight is 465 g/mol. The minimum absolute atomic E-state index is 0.123. The molecule has 10 nitrogen and oxygen atoms in total. The average Bonchev–Trinajstić information content (AvgIpc) is 2.87. The molecule has 0 saturated heterocycles. The zero-order valence-electron chi connectivity index (χ0n) is 18.8. The Labute approximate surface area is 195 Å². The zero-order chi connectivity index (χ0) is 24.5. The first-order chi connectivity index (χ1) is 16.4. The number of benzene rings is 3. The molecular formula is C24H23N3O7. The highest BCUT2D eigenvalue weighted by molar-refractivity contribution is 5.96. The van der Waals surface area contributed by atoms with Crippen LogP contribution in [0.25, 0.3) is 0 Å². The molecule has 176 valence electrons. The number of nitro groups is 1. The molecule has 0 bridgehead atoms. The largest absolute Gasteiger partial charge is 0.497 e. The van der Waals surface area contributed by atoms with Crippen LogP contribution in [0.5, 0.6) is 23.0 Å². The van der Waals surface area contributed by atoms with Gasteiger partial charge in [-0.3, -0.25) is 14.9 Å². The van der Waals surface area contributed by atoms with Crippen molar-refractivity contribution in [1.29, 1.82) is 0 Å². The van der Waals surface area contributed by atoms with Crippen LogP contribution in [0.15, 0.2) is 65.8 Å². The summed E-state index contributed by atoms with van der Waals surface area (Å²) in [6.45, 7) is 0.210. The SMILES string of the molecule is COc1cc(OC)cc(C(=O)NN=Cc2cc(OC)c(OCc3ccccc3)cc2[N+](=O)[O-])c1. The number of hydrogen-bond donors (Lipinski definition) is 1. The van der Waals surface area contributed by atoms with Crippen molar-refractivity contribution in [3.63, 3.8) is 0 Å². The topological polar surface area (TPSA) is 122 Å². The monoisotopic (exact) mass is 465 g/mol. The van der Waals surface area contributed by atoms with Crippen LogP contribution in [0.3, 0.4) is 0 Å². The molecule has 0 aliphatic heterocycles. The van der Waals surface area contributed by atoms with Gasteiger partial charge >= 0.3 is 0 Å². The smallest absolute Gasteiger partial charge is 0.282 e. The van der Waals surface area contributed by atoms with Gasteiger partial charge in [0.25, 0.3) is 11.6 Å². The molecule has 0 unspecified atom stereocenters. The molecule has 0 fully saturated rings. The Balaban J connectivity index is 1.80. The summed E-state index contributed by atoms with van der Waals surface area (Å²) in [6, 6.07) is 16.7. The molecule has 0 aliphatic rings. The van der Waals surface area contributed by atoms with Gasteiger partial charge in [-0.1, -0.05) is 30.3 Å². The number of nitrogens with one attached hydrogen (secondary N) is 1. The van der Waals surface area contributed by atoms with E-state index in [2.05, 4.69) is 10.5 Å². The van der Waals surface area contributed by atoms with Crippen LogP contribution >= 0.6 is 0 Å². The number of carbonyl (C=O) groups is 1. The molecule has 0 saturated carbocycles. The highest BCUT2D eigenvalue weighted by Gasteiger charge is 2.19. The second kappa shape index (κ2) is 11.3. The Hall–Kier alpha value is -4.60. The van der Waals surface area contributed by atoms with Gasteiger partial charge < -0.3 is 18.9 Å². The molecule has 0 spiro atoms. The maximum Gasteiger partial charge on any atom is 0.282 e. The predicted molar refractivity (Wildman–Crippen MR) is 125 cm³/mol. The van der Waals surface area contributed by atoms with Crippen LogP contribution in [0.2, 0.25) is 0 Å². The fourth-order valence-electron chi connectivity index (χ4n) is 3.00. The van der Waals surface area contributed by atoms with Gasteiger partial charge in [0.05, 0.1) is 44.1 Å². The van der Waals surface area contributed by atoms with E-state index in [0.717, 1.165) is 11.8 Å². The van der Waals surface area contributed by atoms with Gasteiger partial charge in [0.1, 0.15) is 18.1 Å². The lowest BCUT2D eigenvalue weighted by Gasteiger charge is -2.12. The van der Waals surface area contributed by atoms with E-state index in [-0.39, 0.29) is 34.9 Å². The summed E-state index contributed by atoms with van der Waals surface area (Å²) in [5, 5.41) is 15.5. The number of ether oxygens (including phenoxy) is 4. The normalized spacial score (nSPS) is 10.6. The zero-order valence-corrected chi connectivity index (χ0v) is 18.8. The van der Waals surface area contributed by atoms with Crippen molar-refractivity contribution in [2.24, 2.45) is 5.10 Å². The number of carbonyl (C=O) groups excluding carboxylic acids is 1. The molecule has 0 aromatic heterocycles. The molecule has 0 aliphatic carbocycles. The van der Waals surface area contributed by atoms with Gasteiger partial charge in [-0.05, 0) is 23.8 Å². The summed E-state index contributed by atoms with van der Waals surface area (Å²) in [5.41, 5.74) is 3.34. The molecular weight excluding hydrogens is 442 g/mol. The number of hydrazone groups is 1. The van der Waals surface area contributed by atoms with Gasteiger partial charge in [0.2, 0.25) is 0 Å². The number of rotatable bonds is 10. The first-order valence-electron chi connectivity index (χ1n) is 10.0. The molecule has 0 heterocycles. The maximum absolute atomic E-state index is 12.5. The van der Waals surface area contributed by atoms with Crippen LogP contribution in [0.4, 0.5) is 5.69 Å². The molecule has 3 aromatic carbocycles. The number of amides is 1. The highest BCUT2D eigenvalue weighted by atomic mass is 16.6. The summed E-state index contributed by atoms with van der Waals surface area (Å²) < 4.78 is 21.4. The Bertz CT molecular complexity index is 1170. The predicted octanol–water partition coefficient (Wildman–Crippen LogP) is 3.96. The fraction of sp³-hybridized carbons (Fsp3) is 0.167. The Morgan fingerprint density at radius 3 is 2.24 bits per heavy atom. The lowest BCUT2D eigenvalue weighted by molar-refractivity contribution is -0.385. The van der Waals surface area contributed by atoms with Crippen molar-refractivity contribution >= 4 is 17.8 Å². The third-order valence-corrected chi connectivity index (χ3v) is 4.73. The Morgan fingerprint density at radius 2 is 1.65 bits per heavy atom. The lowest BCUT2D eigenvalue weighted by atomic mass is 10.1. The quantitative estimate of drug-likeness (QED) is 0.273. The minimum Gasteiger partial charge on any atom is -0.497 e. The van der Waals surface area contributed by atoms with E-state index in [4.69, 9.17) is 18.9 Å². The summed E-state index contributed by atoms with van der Waals surface area (Å²) in [4.78, 5) is 23.5. The van der Waals surface area contributed by atoms with Crippen molar-refractivity contribution in [3.8, 4) is 23.0 Å². The van der Waals surface area contributed by atoms with E-state index in [1.54, 1.807) is 6.07 Å². The second-order valence-corrected chi connectivity index (χ2v) is 6.89.